The van der Waals surface area contributed by atoms with Gasteiger partial charge in [0.2, 0.25) is 0 Å². The molecule has 3 N–H and O–H groups in total. The molecule has 10 aromatic rings. The van der Waals surface area contributed by atoms with Crippen LogP contribution >= 0.6 is 0 Å². The van der Waals surface area contributed by atoms with Gasteiger partial charge >= 0.3 is 0 Å². The molecule has 0 fully saturated rings. The fraction of sp³-hybridized carbons (Fsp3) is 0.0769. The minimum absolute atomic E-state index is 0.0171. The zero-order valence-electron chi connectivity index (χ0n) is 30.7. The van der Waals surface area contributed by atoms with E-state index in [0.29, 0.717) is 0 Å². The Bertz CT molecular complexity index is 2820. The van der Waals surface area contributed by atoms with Crippen molar-refractivity contribution in [3.63, 3.8) is 0 Å². The standard InChI is InChI=1S/C52H41N3/c1-54-52(38-28-26-35(27-29-38)34-14-4-2-5-15-34)48(37-16-6-3-7-17-37)51(53)45-21-11-8-18-40(45)36-30-32-39(33-31-36)55-46-24-12-22-43-41-19-9-10-20-42(41)44-23-13-25-47(55)50(44)49(43)46/h2-33,48,51-52,54H,53H2,1H3. The summed E-state index contributed by atoms with van der Waals surface area (Å²) in [4.78, 5) is 0. The fourth-order valence-electron chi connectivity index (χ4n) is 9.17. The van der Waals surface area contributed by atoms with Crippen LogP contribution in [0.3, 0.4) is 0 Å². The number of aromatic nitrogens is 1. The van der Waals surface area contributed by atoms with Crippen LogP contribution in [0.4, 0.5) is 0 Å². The van der Waals surface area contributed by atoms with Crippen LogP contribution in [0.2, 0.25) is 0 Å². The predicted molar refractivity (Wildman–Crippen MR) is 232 cm³/mol. The van der Waals surface area contributed by atoms with E-state index in [1.54, 1.807) is 0 Å². The highest BCUT2D eigenvalue weighted by atomic mass is 15.0. The topological polar surface area (TPSA) is 43.0 Å². The number of rotatable bonds is 9. The Labute approximate surface area is 321 Å². The zero-order chi connectivity index (χ0) is 36.9. The minimum atomic E-state index is -0.290. The number of fused-ring (bicyclic) bond motifs is 3. The van der Waals surface area contributed by atoms with Gasteiger partial charge in [-0.3, -0.25) is 0 Å². The second-order valence-electron chi connectivity index (χ2n) is 14.6. The molecule has 0 spiro atoms. The lowest BCUT2D eigenvalue weighted by molar-refractivity contribution is 0.418. The molecule has 3 heteroatoms. The van der Waals surface area contributed by atoms with Crippen molar-refractivity contribution in [3.8, 4) is 27.9 Å². The average molecular weight is 708 g/mol. The van der Waals surface area contributed by atoms with Crippen molar-refractivity contribution in [2.75, 3.05) is 7.05 Å². The van der Waals surface area contributed by atoms with Crippen molar-refractivity contribution in [1.82, 2.24) is 9.88 Å². The number of nitrogens with two attached hydrogens (primary N) is 1. The third kappa shape index (κ3) is 5.51. The Morgan fingerprint density at radius 3 is 1.56 bits per heavy atom. The molecule has 264 valence electrons. The van der Waals surface area contributed by atoms with E-state index in [9.17, 15) is 0 Å². The highest BCUT2D eigenvalue weighted by molar-refractivity contribution is 6.34. The Morgan fingerprint density at radius 2 is 0.945 bits per heavy atom. The van der Waals surface area contributed by atoms with Crippen molar-refractivity contribution in [2.45, 2.75) is 18.0 Å². The van der Waals surface area contributed by atoms with E-state index < -0.39 is 0 Å². The van der Waals surface area contributed by atoms with Crippen LogP contribution in [-0.2, 0) is 0 Å². The molecule has 0 saturated heterocycles. The maximum atomic E-state index is 7.50. The molecule has 55 heavy (non-hydrogen) atoms. The monoisotopic (exact) mass is 707 g/mol. The van der Waals surface area contributed by atoms with Gasteiger partial charge in [0.05, 0.1) is 11.0 Å². The molecule has 1 aromatic heterocycles. The summed E-state index contributed by atoms with van der Waals surface area (Å²) < 4.78 is 2.43. The van der Waals surface area contributed by atoms with E-state index in [2.05, 4.69) is 204 Å². The van der Waals surface area contributed by atoms with Crippen LogP contribution in [0.25, 0.3) is 71.3 Å². The van der Waals surface area contributed by atoms with Gasteiger partial charge in [0.1, 0.15) is 0 Å². The molecule has 0 aliphatic heterocycles. The van der Waals surface area contributed by atoms with Crippen molar-refractivity contribution in [1.29, 1.82) is 0 Å². The molecule has 0 bridgehead atoms. The SMILES string of the molecule is CNC(c1ccc(-c2ccccc2)cc1)C(c1ccccc1)C(N)c1ccccc1-c1ccc(-n2c3cccc4c5ccccc5c5cccc2c5c43)cc1. The molecule has 0 amide bonds. The first-order valence-electron chi connectivity index (χ1n) is 19.2. The molecule has 0 radical (unpaired) electrons. The van der Waals surface area contributed by atoms with Gasteiger partial charge in [-0.05, 0) is 91.8 Å². The van der Waals surface area contributed by atoms with Crippen LogP contribution in [-0.4, -0.2) is 11.6 Å². The largest absolute Gasteiger partial charge is 0.323 e. The van der Waals surface area contributed by atoms with E-state index in [0.717, 1.165) is 22.4 Å². The summed E-state index contributed by atoms with van der Waals surface area (Å²) in [5.74, 6) is -0.0335. The smallest absolute Gasteiger partial charge is 0.0547 e. The number of likely N-dealkylation sites (N-methyl/N-ethyl adjacent to an activating group) is 1. The molecular formula is C52H41N3. The van der Waals surface area contributed by atoms with Crippen LogP contribution in [0.5, 0.6) is 0 Å². The normalized spacial score (nSPS) is 13.5. The fourth-order valence-corrected chi connectivity index (χ4v) is 9.17. The van der Waals surface area contributed by atoms with Crippen molar-refractivity contribution < 1.29 is 0 Å². The quantitative estimate of drug-likeness (QED) is 0.147. The van der Waals surface area contributed by atoms with E-state index >= 15 is 0 Å². The maximum absolute atomic E-state index is 7.50. The first-order valence-corrected chi connectivity index (χ1v) is 19.2. The van der Waals surface area contributed by atoms with Gasteiger partial charge in [0, 0.05) is 34.5 Å². The van der Waals surface area contributed by atoms with Crippen LogP contribution in [0, 0.1) is 0 Å². The second-order valence-corrected chi connectivity index (χ2v) is 14.6. The lowest BCUT2D eigenvalue weighted by Gasteiger charge is -2.34. The Morgan fingerprint density at radius 1 is 0.436 bits per heavy atom. The maximum Gasteiger partial charge on any atom is 0.0547 e. The van der Waals surface area contributed by atoms with Gasteiger partial charge in [0.15, 0.2) is 0 Å². The Hall–Kier alpha value is -6.52. The third-order valence-electron chi connectivity index (χ3n) is 11.7. The zero-order valence-corrected chi connectivity index (χ0v) is 30.7. The predicted octanol–water partition coefficient (Wildman–Crippen LogP) is 12.6. The summed E-state index contributed by atoms with van der Waals surface area (Å²) in [5, 5.41) is 11.5. The highest BCUT2D eigenvalue weighted by Gasteiger charge is 2.31. The van der Waals surface area contributed by atoms with Gasteiger partial charge in [-0.15, -0.1) is 0 Å². The Kier molecular flexibility index (Phi) is 8.25. The van der Waals surface area contributed by atoms with Gasteiger partial charge in [-0.25, -0.2) is 0 Å². The molecule has 3 nitrogen and oxygen atoms in total. The lowest BCUT2D eigenvalue weighted by atomic mass is 9.77. The van der Waals surface area contributed by atoms with Gasteiger partial charge in [-0.2, -0.15) is 0 Å². The first kappa shape index (κ1) is 33.1. The molecule has 3 unspecified atom stereocenters. The van der Waals surface area contributed by atoms with Gasteiger partial charge in [0.25, 0.3) is 0 Å². The van der Waals surface area contributed by atoms with Crippen molar-refractivity contribution in [3.05, 3.63) is 211 Å². The number of nitrogens with zero attached hydrogens (tertiary/aromatic N) is 1. The average Bonchev–Trinajstić information content (AvgIpc) is 3.61. The van der Waals surface area contributed by atoms with Crippen molar-refractivity contribution in [2.24, 2.45) is 5.73 Å². The van der Waals surface area contributed by atoms with Crippen LogP contribution < -0.4 is 11.1 Å². The summed E-state index contributed by atoms with van der Waals surface area (Å²) in [6.07, 6.45) is 0. The van der Waals surface area contributed by atoms with E-state index in [-0.39, 0.29) is 18.0 Å². The molecule has 0 aliphatic carbocycles. The van der Waals surface area contributed by atoms with E-state index in [1.807, 2.05) is 7.05 Å². The first-order chi connectivity index (χ1) is 27.2. The molecular weight excluding hydrogens is 667 g/mol. The minimum Gasteiger partial charge on any atom is -0.323 e. The number of hydrogen-bond acceptors (Lipinski definition) is 2. The molecule has 0 saturated carbocycles. The van der Waals surface area contributed by atoms with E-state index in [4.69, 9.17) is 5.73 Å². The summed E-state index contributed by atoms with van der Waals surface area (Å²) in [5.41, 5.74) is 19.3. The van der Waals surface area contributed by atoms with Crippen molar-refractivity contribution >= 4 is 43.4 Å². The molecule has 9 aromatic carbocycles. The van der Waals surface area contributed by atoms with E-state index in [1.165, 1.54) is 65.6 Å². The molecule has 1 heterocycles. The van der Waals surface area contributed by atoms with Crippen LogP contribution in [0.1, 0.15) is 34.7 Å². The Balaban J connectivity index is 1.05. The number of benzene rings is 9. The second kappa shape index (κ2) is 13.7. The van der Waals surface area contributed by atoms with Gasteiger partial charge < -0.3 is 15.6 Å². The number of nitrogens with one attached hydrogen (secondary N) is 1. The third-order valence-corrected chi connectivity index (χ3v) is 11.7. The highest BCUT2D eigenvalue weighted by Crippen LogP contribution is 2.45. The summed E-state index contributed by atoms with van der Waals surface area (Å²) in [6.45, 7) is 0. The molecule has 0 aliphatic rings. The molecule has 10 rings (SSSR count). The lowest BCUT2D eigenvalue weighted by Crippen LogP contribution is -2.32. The number of hydrogen-bond donors (Lipinski definition) is 2. The summed E-state index contributed by atoms with van der Waals surface area (Å²) in [6, 6.07) is 69.9. The van der Waals surface area contributed by atoms with Crippen LogP contribution in [0.15, 0.2) is 194 Å². The summed E-state index contributed by atoms with van der Waals surface area (Å²) >= 11 is 0. The summed E-state index contributed by atoms with van der Waals surface area (Å²) in [7, 11) is 2.04. The van der Waals surface area contributed by atoms with Gasteiger partial charge in [-0.1, -0.05) is 170 Å². The molecule has 3 atom stereocenters.